The van der Waals surface area contributed by atoms with Crippen molar-refractivity contribution in [3.63, 3.8) is 0 Å². The quantitative estimate of drug-likeness (QED) is 0.542. The summed E-state index contributed by atoms with van der Waals surface area (Å²) in [6.45, 7) is 0.871. The Kier molecular flexibility index (Phi) is 7.25. The molecule has 0 unspecified atom stereocenters. The fourth-order valence-electron chi connectivity index (χ4n) is 4.62. The first kappa shape index (κ1) is 26.3. The zero-order valence-electron chi connectivity index (χ0n) is 19.8. The van der Waals surface area contributed by atoms with Gasteiger partial charge in [0.2, 0.25) is 15.9 Å². The number of hydrogen-bond donors (Lipinski definition) is 1. The maximum atomic E-state index is 13.1. The van der Waals surface area contributed by atoms with Gasteiger partial charge >= 0.3 is 6.18 Å². The van der Waals surface area contributed by atoms with Gasteiger partial charge in [0.05, 0.1) is 11.8 Å². The summed E-state index contributed by atoms with van der Waals surface area (Å²) in [5, 5.41) is 0. The summed E-state index contributed by atoms with van der Waals surface area (Å²) in [4.78, 5) is 31.1. The molecule has 36 heavy (non-hydrogen) atoms. The summed E-state index contributed by atoms with van der Waals surface area (Å²) in [5.41, 5.74) is 0.888. The lowest BCUT2D eigenvalue weighted by atomic mass is 9.90. The predicted octanol–water partition coefficient (Wildman–Crippen LogP) is 3.63. The Bertz CT molecular complexity index is 1220. The van der Waals surface area contributed by atoms with E-state index in [1.807, 2.05) is 24.3 Å². The van der Waals surface area contributed by atoms with Gasteiger partial charge < -0.3 is 4.90 Å². The molecule has 2 aliphatic rings. The molecule has 1 atom stereocenters. The second-order valence-electron chi connectivity index (χ2n) is 9.71. The monoisotopic (exact) mass is 523 g/mol. The van der Waals surface area contributed by atoms with Gasteiger partial charge in [-0.15, -0.1) is 0 Å². The predicted molar refractivity (Wildman–Crippen MR) is 128 cm³/mol. The van der Waals surface area contributed by atoms with E-state index in [-0.39, 0.29) is 35.6 Å². The van der Waals surface area contributed by atoms with Crippen LogP contribution in [-0.2, 0) is 37.6 Å². The number of amides is 1. The Morgan fingerprint density at radius 3 is 2.42 bits per heavy atom. The number of alkyl halides is 3. The molecule has 0 bridgehead atoms. The van der Waals surface area contributed by atoms with Crippen molar-refractivity contribution in [1.82, 2.24) is 9.71 Å². The lowest BCUT2D eigenvalue weighted by Crippen LogP contribution is -2.42. The number of sulfonamides is 1. The van der Waals surface area contributed by atoms with E-state index in [0.29, 0.717) is 25.7 Å². The summed E-state index contributed by atoms with van der Waals surface area (Å²) in [6.07, 6.45) is 0.309. The normalized spacial score (nSPS) is 19.8. The highest BCUT2D eigenvalue weighted by molar-refractivity contribution is 7.88. The number of Topliss-reactive ketones (excluding diaryl/α,β-unsaturated/α-hetero) is 1. The molecule has 4 rings (SSSR count). The van der Waals surface area contributed by atoms with E-state index in [1.54, 1.807) is 4.90 Å². The smallest absolute Gasteiger partial charge is 0.312 e. The second kappa shape index (κ2) is 9.93. The van der Waals surface area contributed by atoms with E-state index in [0.717, 1.165) is 42.8 Å². The molecule has 1 aliphatic heterocycles. The number of benzene rings is 1. The number of nitrogens with zero attached hydrogens (tertiary/aromatic N) is 2. The number of rotatable bonds is 9. The van der Waals surface area contributed by atoms with Crippen LogP contribution in [0.1, 0.15) is 48.9 Å². The van der Waals surface area contributed by atoms with E-state index < -0.39 is 27.7 Å². The van der Waals surface area contributed by atoms with Crippen LogP contribution < -0.4 is 9.62 Å². The molecule has 11 heteroatoms. The molecule has 1 amide bonds. The van der Waals surface area contributed by atoms with Gasteiger partial charge in [0.15, 0.2) is 0 Å². The number of ketones is 1. The SMILES string of the molecule is CS(=O)(=O)NCC1(c2ccc(N3CCC[C@H](CC(=O)Cc4ccc(C(F)(F)F)cn4)C3=O)cc2)CC1. The van der Waals surface area contributed by atoms with E-state index in [4.69, 9.17) is 0 Å². The number of nitrogens with one attached hydrogen (secondary N) is 1. The van der Waals surface area contributed by atoms with Gasteiger partial charge in [-0.05, 0) is 55.5 Å². The molecule has 1 aromatic heterocycles. The molecule has 0 spiro atoms. The van der Waals surface area contributed by atoms with E-state index in [1.165, 1.54) is 6.07 Å². The Morgan fingerprint density at radius 2 is 1.86 bits per heavy atom. The van der Waals surface area contributed by atoms with Gasteiger partial charge in [0, 0.05) is 54.8 Å². The van der Waals surface area contributed by atoms with Gasteiger partial charge in [-0.3, -0.25) is 14.6 Å². The average Bonchev–Trinajstić information content (AvgIpc) is 3.60. The van der Waals surface area contributed by atoms with Crippen LogP contribution in [0.5, 0.6) is 0 Å². The van der Waals surface area contributed by atoms with Crippen LogP contribution in [0.3, 0.4) is 0 Å². The van der Waals surface area contributed by atoms with E-state index in [2.05, 4.69) is 9.71 Å². The van der Waals surface area contributed by atoms with Crippen molar-refractivity contribution in [2.45, 2.75) is 50.1 Å². The topological polar surface area (TPSA) is 96.4 Å². The summed E-state index contributed by atoms with van der Waals surface area (Å²) in [7, 11) is -3.28. The molecule has 194 valence electrons. The van der Waals surface area contributed by atoms with Gasteiger partial charge in [0.1, 0.15) is 5.78 Å². The van der Waals surface area contributed by atoms with Gasteiger partial charge in [0.25, 0.3) is 0 Å². The van der Waals surface area contributed by atoms with Gasteiger partial charge in [-0.2, -0.15) is 13.2 Å². The van der Waals surface area contributed by atoms with Crippen molar-refractivity contribution >= 4 is 27.4 Å². The largest absolute Gasteiger partial charge is 0.417 e. The van der Waals surface area contributed by atoms with Crippen LogP contribution in [0, 0.1) is 5.92 Å². The number of carbonyl (C=O) groups is 2. The Morgan fingerprint density at radius 1 is 1.17 bits per heavy atom. The third-order valence-electron chi connectivity index (χ3n) is 6.87. The molecule has 1 saturated carbocycles. The number of carbonyl (C=O) groups excluding carboxylic acids is 2. The Hall–Kier alpha value is -2.79. The van der Waals surface area contributed by atoms with Crippen molar-refractivity contribution in [3.8, 4) is 0 Å². The van der Waals surface area contributed by atoms with Gasteiger partial charge in [-0.25, -0.2) is 13.1 Å². The van der Waals surface area contributed by atoms with Crippen LogP contribution in [0.25, 0.3) is 0 Å². The minimum atomic E-state index is -4.49. The molecule has 1 N–H and O–H groups in total. The van der Waals surface area contributed by atoms with Gasteiger partial charge in [-0.1, -0.05) is 12.1 Å². The number of aromatic nitrogens is 1. The number of piperidine rings is 1. The first-order chi connectivity index (χ1) is 16.9. The average molecular weight is 524 g/mol. The summed E-state index contributed by atoms with van der Waals surface area (Å²) >= 11 is 0. The minimum absolute atomic E-state index is 0.0103. The summed E-state index contributed by atoms with van der Waals surface area (Å²) in [5.74, 6) is -0.886. The second-order valence-corrected chi connectivity index (χ2v) is 11.5. The number of halogens is 3. The molecule has 2 heterocycles. The highest BCUT2D eigenvalue weighted by Crippen LogP contribution is 2.48. The number of hydrogen-bond acceptors (Lipinski definition) is 5. The summed E-state index contributed by atoms with van der Waals surface area (Å²) in [6, 6.07) is 9.63. The molecule has 7 nitrogen and oxygen atoms in total. The standard InChI is InChI=1S/C25H28F3N3O4S/c1-36(34,35)30-16-24(10-11-24)18-5-8-21(9-6-18)31-12-2-3-17(23(31)33)13-22(32)14-20-7-4-19(15-29-20)25(26,27)28/h4-9,15,17,30H,2-3,10-14,16H2,1H3/t17-/m1/s1. The zero-order chi connectivity index (χ0) is 26.1. The zero-order valence-corrected chi connectivity index (χ0v) is 20.7. The number of pyridine rings is 1. The maximum absolute atomic E-state index is 13.1. The Labute approximate surface area is 208 Å². The molecule has 1 aromatic carbocycles. The van der Waals surface area contributed by atoms with Crippen LogP contribution in [0.4, 0.5) is 18.9 Å². The van der Waals surface area contributed by atoms with Crippen LogP contribution in [0.2, 0.25) is 0 Å². The lowest BCUT2D eigenvalue weighted by Gasteiger charge is -2.32. The first-order valence-electron chi connectivity index (χ1n) is 11.8. The fourth-order valence-corrected chi connectivity index (χ4v) is 5.16. The van der Waals surface area contributed by atoms with E-state index in [9.17, 15) is 31.2 Å². The highest BCUT2D eigenvalue weighted by atomic mass is 32.2. The molecule has 0 radical (unpaired) electrons. The van der Waals surface area contributed by atoms with Crippen molar-refractivity contribution in [1.29, 1.82) is 0 Å². The molecular weight excluding hydrogens is 495 g/mol. The summed E-state index contributed by atoms with van der Waals surface area (Å²) < 4.78 is 63.6. The minimum Gasteiger partial charge on any atom is -0.312 e. The van der Waals surface area contributed by atoms with Crippen LogP contribution in [0.15, 0.2) is 42.6 Å². The first-order valence-corrected chi connectivity index (χ1v) is 13.7. The fraction of sp³-hybridized carbons (Fsp3) is 0.480. The van der Waals surface area contributed by atoms with Crippen molar-refractivity contribution in [2.75, 3.05) is 24.2 Å². The third-order valence-corrected chi connectivity index (χ3v) is 7.54. The molecule has 2 aromatic rings. The third kappa shape index (κ3) is 6.31. The highest BCUT2D eigenvalue weighted by Gasteiger charge is 2.44. The Balaban J connectivity index is 1.36. The van der Waals surface area contributed by atoms with Crippen LogP contribution >= 0.6 is 0 Å². The molecule has 2 fully saturated rings. The maximum Gasteiger partial charge on any atom is 0.417 e. The van der Waals surface area contributed by atoms with Crippen molar-refractivity contribution in [3.05, 3.63) is 59.4 Å². The number of anilines is 1. The van der Waals surface area contributed by atoms with Crippen molar-refractivity contribution in [2.24, 2.45) is 5.92 Å². The molecule has 1 aliphatic carbocycles. The molecular formula is C25H28F3N3O4S. The molecule has 1 saturated heterocycles. The van der Waals surface area contributed by atoms with E-state index >= 15 is 0 Å². The van der Waals surface area contributed by atoms with Crippen LogP contribution in [-0.4, -0.2) is 44.4 Å². The van der Waals surface area contributed by atoms with Crippen molar-refractivity contribution < 1.29 is 31.2 Å². The lowest BCUT2D eigenvalue weighted by molar-refractivity contribution is -0.137.